The van der Waals surface area contributed by atoms with E-state index in [0.29, 0.717) is 13.0 Å². The number of hydrogen-bond acceptors (Lipinski definition) is 2. The molecule has 0 saturated carbocycles. The van der Waals surface area contributed by atoms with Crippen LogP contribution in [-0.2, 0) is 4.79 Å². The number of aryl methyl sites for hydroxylation is 2. The van der Waals surface area contributed by atoms with Crippen molar-refractivity contribution in [3.8, 4) is 5.75 Å². The Morgan fingerprint density at radius 2 is 2.00 bits per heavy atom. The topological polar surface area (TPSA) is 38.3 Å². The molecule has 0 spiro atoms. The third-order valence-corrected chi connectivity index (χ3v) is 2.82. The van der Waals surface area contributed by atoms with E-state index in [0.717, 1.165) is 22.6 Å². The fraction of sp³-hybridized carbons (Fsp3) is 0.417. The van der Waals surface area contributed by atoms with E-state index in [1.807, 2.05) is 20.8 Å². The fourth-order valence-corrected chi connectivity index (χ4v) is 1.85. The van der Waals surface area contributed by atoms with Gasteiger partial charge in [0.25, 0.3) is 0 Å². The molecule has 3 nitrogen and oxygen atoms in total. The lowest BCUT2D eigenvalue weighted by Gasteiger charge is -2.15. The molecular formula is C12H15NO2. The highest BCUT2D eigenvalue weighted by molar-refractivity contribution is 5.94. The standard InChI is InChI=1S/C12H15NO2/c1-7-6-8(2)12-11(9(7)3)13-10(14)4-5-15-12/h6H,4-5H2,1-3H3,(H,13,14). The van der Waals surface area contributed by atoms with Gasteiger partial charge in [-0.05, 0) is 37.5 Å². The number of rotatable bonds is 0. The predicted octanol–water partition coefficient (Wildman–Crippen LogP) is 2.33. The van der Waals surface area contributed by atoms with Gasteiger partial charge in [0, 0.05) is 0 Å². The van der Waals surface area contributed by atoms with Crippen LogP contribution < -0.4 is 10.1 Å². The van der Waals surface area contributed by atoms with Gasteiger partial charge in [-0.25, -0.2) is 0 Å². The van der Waals surface area contributed by atoms with Crippen LogP contribution in [0.15, 0.2) is 6.07 Å². The Bertz CT molecular complexity index is 424. The van der Waals surface area contributed by atoms with Crippen molar-refractivity contribution in [3.05, 3.63) is 22.8 Å². The summed E-state index contributed by atoms with van der Waals surface area (Å²) in [5, 5.41) is 2.91. The molecule has 15 heavy (non-hydrogen) atoms. The summed E-state index contributed by atoms with van der Waals surface area (Å²) in [4.78, 5) is 11.4. The van der Waals surface area contributed by atoms with E-state index in [2.05, 4.69) is 11.4 Å². The Morgan fingerprint density at radius 1 is 1.27 bits per heavy atom. The fourth-order valence-electron chi connectivity index (χ4n) is 1.85. The van der Waals surface area contributed by atoms with Gasteiger partial charge in [0.15, 0.2) is 0 Å². The molecule has 3 heteroatoms. The smallest absolute Gasteiger partial charge is 0.227 e. The molecule has 0 saturated heterocycles. The molecule has 0 atom stereocenters. The second-order valence-corrected chi connectivity index (χ2v) is 3.99. The van der Waals surface area contributed by atoms with Crippen LogP contribution in [0.2, 0.25) is 0 Å². The number of anilines is 1. The summed E-state index contributed by atoms with van der Waals surface area (Å²) in [7, 11) is 0. The minimum atomic E-state index is 0.0295. The molecule has 2 rings (SSSR count). The number of nitrogens with one attached hydrogen (secondary N) is 1. The molecule has 0 unspecified atom stereocenters. The minimum Gasteiger partial charge on any atom is -0.491 e. The van der Waals surface area contributed by atoms with Crippen LogP contribution in [0.4, 0.5) is 5.69 Å². The Labute approximate surface area is 89.4 Å². The molecule has 1 heterocycles. The van der Waals surface area contributed by atoms with Crippen LogP contribution in [-0.4, -0.2) is 12.5 Å². The van der Waals surface area contributed by atoms with Crippen LogP contribution in [0.25, 0.3) is 0 Å². The molecule has 0 bridgehead atoms. The summed E-state index contributed by atoms with van der Waals surface area (Å²) < 4.78 is 5.60. The van der Waals surface area contributed by atoms with Gasteiger partial charge in [-0.15, -0.1) is 0 Å². The van der Waals surface area contributed by atoms with Gasteiger partial charge in [0.2, 0.25) is 5.91 Å². The molecular weight excluding hydrogens is 190 g/mol. The van der Waals surface area contributed by atoms with Crippen LogP contribution in [0, 0.1) is 20.8 Å². The van der Waals surface area contributed by atoms with Crippen molar-refractivity contribution in [1.29, 1.82) is 0 Å². The molecule has 0 aliphatic carbocycles. The second-order valence-electron chi connectivity index (χ2n) is 3.99. The van der Waals surface area contributed by atoms with Gasteiger partial charge < -0.3 is 10.1 Å². The van der Waals surface area contributed by atoms with Gasteiger partial charge in [-0.2, -0.15) is 0 Å². The third-order valence-electron chi connectivity index (χ3n) is 2.82. The lowest BCUT2D eigenvalue weighted by atomic mass is 10.0. The Kier molecular flexibility index (Phi) is 2.39. The molecule has 0 aromatic heterocycles. The van der Waals surface area contributed by atoms with Crippen LogP contribution in [0.5, 0.6) is 5.75 Å². The monoisotopic (exact) mass is 205 g/mol. The molecule has 1 amide bonds. The normalized spacial score (nSPS) is 15.0. The van der Waals surface area contributed by atoms with Crippen molar-refractivity contribution < 1.29 is 9.53 Å². The minimum absolute atomic E-state index is 0.0295. The molecule has 80 valence electrons. The van der Waals surface area contributed by atoms with Gasteiger partial charge >= 0.3 is 0 Å². The number of ether oxygens (including phenoxy) is 1. The summed E-state index contributed by atoms with van der Waals surface area (Å²) in [5.74, 6) is 0.853. The van der Waals surface area contributed by atoms with Crippen molar-refractivity contribution in [1.82, 2.24) is 0 Å². The number of carbonyl (C=O) groups excluding carboxylic acids is 1. The predicted molar refractivity (Wildman–Crippen MR) is 59.4 cm³/mol. The third kappa shape index (κ3) is 1.69. The van der Waals surface area contributed by atoms with E-state index in [-0.39, 0.29) is 5.91 Å². The average Bonchev–Trinajstić information content (AvgIpc) is 2.37. The maximum Gasteiger partial charge on any atom is 0.227 e. The summed E-state index contributed by atoms with van der Waals surface area (Å²) >= 11 is 0. The zero-order valence-corrected chi connectivity index (χ0v) is 9.31. The first-order chi connectivity index (χ1) is 7.09. The van der Waals surface area contributed by atoms with Crippen molar-refractivity contribution in [3.63, 3.8) is 0 Å². The van der Waals surface area contributed by atoms with E-state index >= 15 is 0 Å². The molecule has 1 aliphatic heterocycles. The maximum atomic E-state index is 11.4. The summed E-state index contributed by atoms with van der Waals surface area (Å²) in [6, 6.07) is 2.09. The van der Waals surface area contributed by atoms with Gasteiger partial charge in [-0.3, -0.25) is 4.79 Å². The van der Waals surface area contributed by atoms with Crippen molar-refractivity contribution >= 4 is 11.6 Å². The van der Waals surface area contributed by atoms with Crippen LogP contribution >= 0.6 is 0 Å². The quantitative estimate of drug-likeness (QED) is 0.706. The van der Waals surface area contributed by atoms with Gasteiger partial charge in [0.05, 0.1) is 18.7 Å². The van der Waals surface area contributed by atoms with E-state index < -0.39 is 0 Å². The van der Waals surface area contributed by atoms with E-state index in [4.69, 9.17) is 4.74 Å². The molecule has 1 aliphatic rings. The van der Waals surface area contributed by atoms with Crippen LogP contribution in [0.3, 0.4) is 0 Å². The van der Waals surface area contributed by atoms with Crippen molar-refractivity contribution in [2.75, 3.05) is 11.9 Å². The Hall–Kier alpha value is -1.51. The molecule has 1 N–H and O–H groups in total. The number of benzene rings is 1. The zero-order chi connectivity index (χ0) is 11.0. The highest BCUT2D eigenvalue weighted by Crippen LogP contribution is 2.35. The lowest BCUT2D eigenvalue weighted by molar-refractivity contribution is -0.116. The SMILES string of the molecule is Cc1cc(C)c2c(c1C)NC(=O)CCO2. The molecule has 0 radical (unpaired) electrons. The number of amides is 1. The van der Waals surface area contributed by atoms with Gasteiger partial charge in [-0.1, -0.05) is 6.07 Å². The van der Waals surface area contributed by atoms with E-state index in [1.165, 1.54) is 5.56 Å². The zero-order valence-electron chi connectivity index (χ0n) is 9.31. The summed E-state index contributed by atoms with van der Waals surface area (Å²) in [6.45, 7) is 6.51. The molecule has 1 aromatic carbocycles. The highest BCUT2D eigenvalue weighted by atomic mass is 16.5. The summed E-state index contributed by atoms with van der Waals surface area (Å²) in [5.41, 5.74) is 4.19. The largest absolute Gasteiger partial charge is 0.491 e. The second kappa shape index (κ2) is 3.57. The number of fused-ring (bicyclic) bond motifs is 1. The van der Waals surface area contributed by atoms with E-state index in [9.17, 15) is 4.79 Å². The first-order valence-electron chi connectivity index (χ1n) is 5.13. The highest BCUT2D eigenvalue weighted by Gasteiger charge is 2.18. The first kappa shape index (κ1) is 10.0. The van der Waals surface area contributed by atoms with Crippen LogP contribution in [0.1, 0.15) is 23.1 Å². The van der Waals surface area contributed by atoms with Crippen molar-refractivity contribution in [2.45, 2.75) is 27.2 Å². The number of carbonyl (C=O) groups is 1. The lowest BCUT2D eigenvalue weighted by Crippen LogP contribution is -2.11. The molecule has 1 aromatic rings. The average molecular weight is 205 g/mol. The first-order valence-corrected chi connectivity index (χ1v) is 5.13. The Morgan fingerprint density at radius 3 is 2.73 bits per heavy atom. The maximum absolute atomic E-state index is 11.4. The van der Waals surface area contributed by atoms with Crippen molar-refractivity contribution in [2.24, 2.45) is 0 Å². The van der Waals surface area contributed by atoms with Gasteiger partial charge in [0.1, 0.15) is 5.75 Å². The Balaban J connectivity index is 2.60. The molecule has 0 fully saturated rings. The van der Waals surface area contributed by atoms with E-state index in [1.54, 1.807) is 0 Å². The summed E-state index contributed by atoms with van der Waals surface area (Å²) in [6.07, 6.45) is 0.423. The number of hydrogen-bond donors (Lipinski definition) is 1.